The molecule has 0 amide bonds. The summed E-state index contributed by atoms with van der Waals surface area (Å²) in [6.45, 7) is 4.15. The molecule has 0 bridgehead atoms. The molecule has 3 heteroatoms. The summed E-state index contributed by atoms with van der Waals surface area (Å²) < 4.78 is 0. The van der Waals surface area contributed by atoms with E-state index in [9.17, 15) is 0 Å². The number of nitrogen functional groups attached to an aromatic ring is 1. The zero-order chi connectivity index (χ0) is 9.14. The maximum atomic E-state index is 5.76. The van der Waals surface area contributed by atoms with E-state index < -0.39 is 0 Å². The highest BCUT2D eigenvalue weighted by Crippen LogP contribution is 2.22. The van der Waals surface area contributed by atoms with E-state index in [1.807, 2.05) is 12.1 Å². The molecule has 0 aliphatic rings. The smallest absolute Gasteiger partial charge is 0.0636 e. The van der Waals surface area contributed by atoms with Gasteiger partial charge in [0.15, 0.2) is 0 Å². The fraction of sp³-hybridized carbons (Fsp3) is 0.333. The monoisotopic (exact) mass is 184 g/mol. The molecule has 0 atom stereocenters. The zero-order valence-corrected chi connectivity index (χ0v) is 8.02. The van der Waals surface area contributed by atoms with Crippen LogP contribution in [0.1, 0.15) is 13.8 Å². The van der Waals surface area contributed by atoms with Crippen molar-refractivity contribution >= 4 is 23.0 Å². The number of halogens is 1. The fourth-order valence-electron chi connectivity index (χ4n) is 0.967. The van der Waals surface area contributed by atoms with Gasteiger partial charge in [-0.05, 0) is 32.0 Å². The lowest BCUT2D eigenvalue weighted by atomic mass is 10.2. The Kier molecular flexibility index (Phi) is 2.82. The predicted octanol–water partition coefficient (Wildman–Crippen LogP) is 2.74. The van der Waals surface area contributed by atoms with Crippen molar-refractivity contribution in [2.75, 3.05) is 11.1 Å². The lowest BCUT2D eigenvalue weighted by Gasteiger charge is -2.10. The van der Waals surface area contributed by atoms with Crippen LogP contribution in [0.2, 0.25) is 5.02 Å². The van der Waals surface area contributed by atoms with Gasteiger partial charge in [-0.15, -0.1) is 0 Å². The summed E-state index contributed by atoms with van der Waals surface area (Å²) in [5.41, 5.74) is 7.24. The molecule has 0 heterocycles. The topological polar surface area (TPSA) is 38.0 Å². The Labute approximate surface area is 77.7 Å². The second-order valence-corrected chi connectivity index (χ2v) is 3.44. The first-order valence-electron chi connectivity index (χ1n) is 3.91. The molecular weight excluding hydrogens is 172 g/mol. The normalized spacial score (nSPS) is 10.3. The number of hydrogen-bond acceptors (Lipinski definition) is 2. The van der Waals surface area contributed by atoms with Gasteiger partial charge in [0.05, 0.1) is 10.7 Å². The van der Waals surface area contributed by atoms with Crippen molar-refractivity contribution in [3.8, 4) is 0 Å². The maximum Gasteiger partial charge on any atom is 0.0636 e. The van der Waals surface area contributed by atoms with Crippen LogP contribution in [0.15, 0.2) is 18.2 Å². The van der Waals surface area contributed by atoms with Gasteiger partial charge in [-0.25, -0.2) is 0 Å². The van der Waals surface area contributed by atoms with Gasteiger partial charge >= 0.3 is 0 Å². The largest absolute Gasteiger partial charge is 0.397 e. The third-order valence-electron chi connectivity index (χ3n) is 1.45. The lowest BCUT2D eigenvalue weighted by molar-refractivity contribution is 0.900. The highest BCUT2D eigenvalue weighted by atomic mass is 35.5. The molecule has 1 aromatic rings. The Morgan fingerprint density at radius 1 is 1.42 bits per heavy atom. The van der Waals surface area contributed by atoms with Crippen LogP contribution in [0.4, 0.5) is 11.4 Å². The van der Waals surface area contributed by atoms with Gasteiger partial charge in [-0.1, -0.05) is 11.6 Å². The Balaban J connectivity index is 2.82. The first-order chi connectivity index (χ1) is 5.59. The minimum Gasteiger partial charge on any atom is -0.397 e. The predicted molar refractivity (Wildman–Crippen MR) is 54.6 cm³/mol. The quantitative estimate of drug-likeness (QED) is 0.694. The second kappa shape index (κ2) is 3.68. The molecule has 0 unspecified atom stereocenters. The summed E-state index contributed by atoms with van der Waals surface area (Å²) in [5, 5.41) is 3.84. The first kappa shape index (κ1) is 9.20. The molecule has 3 N–H and O–H groups in total. The summed E-state index contributed by atoms with van der Waals surface area (Å²) in [5.74, 6) is 0. The van der Waals surface area contributed by atoms with Crippen molar-refractivity contribution in [3.05, 3.63) is 23.2 Å². The summed E-state index contributed by atoms with van der Waals surface area (Å²) >= 11 is 5.76. The third kappa shape index (κ3) is 2.31. The molecule has 66 valence electrons. The number of nitrogens with two attached hydrogens (primary N) is 1. The molecule has 0 saturated heterocycles. The summed E-state index contributed by atoms with van der Waals surface area (Å²) in [4.78, 5) is 0. The molecule has 2 nitrogen and oxygen atoms in total. The van der Waals surface area contributed by atoms with E-state index in [2.05, 4.69) is 19.2 Å². The number of nitrogens with one attached hydrogen (secondary N) is 1. The van der Waals surface area contributed by atoms with Crippen molar-refractivity contribution in [1.82, 2.24) is 0 Å². The van der Waals surface area contributed by atoms with Gasteiger partial charge in [0, 0.05) is 11.7 Å². The number of hydrogen-bond donors (Lipinski definition) is 2. The van der Waals surface area contributed by atoms with Gasteiger partial charge in [0.2, 0.25) is 0 Å². The lowest BCUT2D eigenvalue weighted by Crippen LogP contribution is -2.09. The van der Waals surface area contributed by atoms with Crippen LogP contribution in [-0.2, 0) is 0 Å². The molecule has 1 aromatic carbocycles. The summed E-state index contributed by atoms with van der Waals surface area (Å²) in [6.07, 6.45) is 0. The van der Waals surface area contributed by atoms with E-state index in [0.29, 0.717) is 16.8 Å². The summed E-state index contributed by atoms with van der Waals surface area (Å²) in [6, 6.07) is 5.95. The van der Waals surface area contributed by atoms with Gasteiger partial charge in [0.25, 0.3) is 0 Å². The highest BCUT2D eigenvalue weighted by molar-refractivity contribution is 6.33. The van der Waals surface area contributed by atoms with Crippen LogP contribution < -0.4 is 11.1 Å². The van der Waals surface area contributed by atoms with E-state index >= 15 is 0 Å². The van der Waals surface area contributed by atoms with E-state index in [1.165, 1.54) is 0 Å². The van der Waals surface area contributed by atoms with Crippen molar-refractivity contribution in [2.45, 2.75) is 19.9 Å². The Hall–Kier alpha value is -0.890. The van der Waals surface area contributed by atoms with Crippen LogP contribution in [0.3, 0.4) is 0 Å². The molecule has 0 saturated carbocycles. The van der Waals surface area contributed by atoms with Gasteiger partial charge < -0.3 is 11.1 Å². The molecule has 1 rings (SSSR count). The van der Waals surface area contributed by atoms with Crippen LogP contribution in [0.25, 0.3) is 0 Å². The minimum atomic E-state index is 0.408. The SMILES string of the molecule is CC(C)Nc1ccc(Cl)c(N)c1. The molecule has 0 radical (unpaired) electrons. The van der Waals surface area contributed by atoms with Crippen molar-refractivity contribution < 1.29 is 0 Å². The third-order valence-corrected chi connectivity index (χ3v) is 1.80. The van der Waals surface area contributed by atoms with E-state index in [4.69, 9.17) is 17.3 Å². The van der Waals surface area contributed by atoms with Crippen LogP contribution in [0.5, 0.6) is 0 Å². The zero-order valence-electron chi connectivity index (χ0n) is 7.26. The van der Waals surface area contributed by atoms with Crippen LogP contribution in [0, 0.1) is 0 Å². The Morgan fingerprint density at radius 3 is 2.58 bits per heavy atom. The molecule has 0 fully saturated rings. The number of anilines is 2. The van der Waals surface area contributed by atoms with E-state index in [-0.39, 0.29) is 0 Å². The standard InChI is InChI=1S/C9H13ClN2/c1-6(2)12-7-3-4-8(10)9(11)5-7/h3-6,12H,11H2,1-2H3. The summed E-state index contributed by atoms with van der Waals surface area (Å²) in [7, 11) is 0. The Morgan fingerprint density at radius 2 is 2.08 bits per heavy atom. The van der Waals surface area contributed by atoms with E-state index in [0.717, 1.165) is 5.69 Å². The van der Waals surface area contributed by atoms with Crippen LogP contribution >= 0.6 is 11.6 Å². The molecule has 0 aliphatic heterocycles. The number of benzene rings is 1. The fourth-order valence-corrected chi connectivity index (χ4v) is 1.08. The average molecular weight is 185 g/mol. The van der Waals surface area contributed by atoms with Gasteiger partial charge in [-0.3, -0.25) is 0 Å². The minimum absolute atomic E-state index is 0.408. The molecule has 0 aliphatic carbocycles. The van der Waals surface area contributed by atoms with Crippen molar-refractivity contribution in [2.24, 2.45) is 0 Å². The van der Waals surface area contributed by atoms with Gasteiger partial charge in [0.1, 0.15) is 0 Å². The van der Waals surface area contributed by atoms with Crippen LogP contribution in [-0.4, -0.2) is 6.04 Å². The second-order valence-electron chi connectivity index (χ2n) is 3.04. The first-order valence-corrected chi connectivity index (χ1v) is 4.29. The maximum absolute atomic E-state index is 5.76. The van der Waals surface area contributed by atoms with Crippen molar-refractivity contribution in [1.29, 1.82) is 0 Å². The molecule has 0 spiro atoms. The van der Waals surface area contributed by atoms with E-state index in [1.54, 1.807) is 6.07 Å². The average Bonchev–Trinajstić information content (AvgIpc) is 1.96. The Bertz CT molecular complexity index is 271. The molecular formula is C9H13ClN2. The molecule has 12 heavy (non-hydrogen) atoms. The number of rotatable bonds is 2. The van der Waals surface area contributed by atoms with Crippen molar-refractivity contribution in [3.63, 3.8) is 0 Å². The van der Waals surface area contributed by atoms with Gasteiger partial charge in [-0.2, -0.15) is 0 Å². The molecule has 0 aromatic heterocycles. The highest BCUT2D eigenvalue weighted by Gasteiger charge is 1.98.